The van der Waals surface area contributed by atoms with E-state index in [1.54, 1.807) is 23.0 Å². The van der Waals surface area contributed by atoms with E-state index in [2.05, 4.69) is 39.5 Å². The molecule has 1 amide bonds. The van der Waals surface area contributed by atoms with E-state index in [1.807, 2.05) is 0 Å². The summed E-state index contributed by atoms with van der Waals surface area (Å²) in [6.45, 7) is 4.42. The average Bonchev–Trinajstić information content (AvgIpc) is 3.59. The summed E-state index contributed by atoms with van der Waals surface area (Å²) in [5.74, 6) is 1.34. The topological polar surface area (TPSA) is 118 Å². The van der Waals surface area contributed by atoms with Crippen molar-refractivity contribution in [3.8, 4) is 11.5 Å². The van der Waals surface area contributed by atoms with E-state index in [9.17, 15) is 18.7 Å². The molecule has 0 unspecified atom stereocenters. The number of carbonyl (C=O) groups is 1. The molecular formula is C28H36F2N6O3. The number of halogens is 2. The van der Waals surface area contributed by atoms with Crippen LogP contribution in [-0.2, 0) is 0 Å². The van der Waals surface area contributed by atoms with Crippen LogP contribution in [0.4, 0.5) is 20.3 Å². The third-order valence-electron chi connectivity index (χ3n) is 8.08. The van der Waals surface area contributed by atoms with E-state index >= 15 is 0 Å². The minimum Gasteiger partial charge on any atom is -0.444 e. The molecular weight excluding hydrogens is 506 g/mol. The summed E-state index contributed by atoms with van der Waals surface area (Å²) in [4.78, 5) is 21.5. The fourth-order valence-corrected chi connectivity index (χ4v) is 5.69. The van der Waals surface area contributed by atoms with Gasteiger partial charge in [0.2, 0.25) is 5.89 Å². The van der Waals surface area contributed by atoms with Gasteiger partial charge in [0, 0.05) is 18.0 Å². The third-order valence-corrected chi connectivity index (χ3v) is 8.08. The van der Waals surface area contributed by atoms with Gasteiger partial charge in [-0.2, -0.15) is 5.10 Å². The summed E-state index contributed by atoms with van der Waals surface area (Å²) in [7, 11) is 0. The quantitative estimate of drug-likeness (QED) is 0.309. The maximum Gasteiger partial charge on any atom is 0.284 e. The number of alkyl halides is 2. The molecule has 3 N–H and O–H groups in total. The zero-order chi connectivity index (χ0) is 27.5. The van der Waals surface area contributed by atoms with Gasteiger partial charge in [0.05, 0.1) is 23.9 Å². The summed E-state index contributed by atoms with van der Waals surface area (Å²) in [6.07, 6.45) is 8.49. The molecule has 210 valence electrons. The summed E-state index contributed by atoms with van der Waals surface area (Å²) in [6, 6.07) is 3.39. The van der Waals surface area contributed by atoms with Gasteiger partial charge < -0.3 is 20.2 Å². The van der Waals surface area contributed by atoms with Gasteiger partial charge in [-0.3, -0.25) is 9.48 Å². The number of nitrogens with zero attached hydrogens (tertiary/aromatic N) is 4. The smallest absolute Gasteiger partial charge is 0.284 e. The molecule has 0 spiro atoms. The highest BCUT2D eigenvalue weighted by Crippen LogP contribution is 2.37. The van der Waals surface area contributed by atoms with E-state index < -0.39 is 24.1 Å². The zero-order valence-corrected chi connectivity index (χ0v) is 22.3. The average molecular weight is 543 g/mol. The fraction of sp³-hybridized carbons (Fsp3) is 0.571. The molecule has 3 aromatic heterocycles. The molecule has 2 saturated carbocycles. The van der Waals surface area contributed by atoms with Crippen LogP contribution >= 0.6 is 0 Å². The molecule has 2 atom stereocenters. The second-order valence-electron chi connectivity index (χ2n) is 11.0. The number of nitrogens with one attached hydrogen (secondary N) is 2. The van der Waals surface area contributed by atoms with Crippen molar-refractivity contribution in [2.75, 3.05) is 10.6 Å². The number of carbonyl (C=O) groups excluding carboxylic acids is 1. The maximum absolute atomic E-state index is 13.8. The van der Waals surface area contributed by atoms with Crippen LogP contribution in [0.25, 0.3) is 11.5 Å². The number of amides is 1. The lowest BCUT2D eigenvalue weighted by Gasteiger charge is -2.30. The van der Waals surface area contributed by atoms with Crippen molar-refractivity contribution < 1.29 is 23.1 Å². The number of oxazole rings is 1. The number of aromatic nitrogens is 4. The van der Waals surface area contributed by atoms with E-state index in [0.29, 0.717) is 23.2 Å². The Bertz CT molecular complexity index is 1270. The molecule has 2 aliphatic rings. The SMILES string of the molecule is CC(C)C1CCC(n2cc(NC(=O)c3coc(-c4ccnc(N[C@H]5CCCC[C@H]5O)c4)n3)c(C(F)F)n2)CC1. The lowest BCUT2D eigenvalue weighted by Crippen LogP contribution is -2.36. The molecule has 5 rings (SSSR count). The van der Waals surface area contributed by atoms with Crippen LogP contribution in [0.2, 0.25) is 0 Å². The lowest BCUT2D eigenvalue weighted by molar-refractivity contribution is 0.102. The van der Waals surface area contributed by atoms with Crippen LogP contribution in [0, 0.1) is 11.8 Å². The molecule has 0 aliphatic heterocycles. The monoisotopic (exact) mass is 542 g/mol. The Morgan fingerprint density at radius 2 is 1.92 bits per heavy atom. The Balaban J connectivity index is 1.27. The Morgan fingerprint density at radius 1 is 1.15 bits per heavy atom. The highest BCUT2D eigenvalue weighted by atomic mass is 19.3. The molecule has 0 bridgehead atoms. The van der Waals surface area contributed by atoms with Gasteiger partial charge >= 0.3 is 0 Å². The fourth-order valence-electron chi connectivity index (χ4n) is 5.69. The van der Waals surface area contributed by atoms with E-state index in [0.717, 1.165) is 51.4 Å². The molecule has 0 saturated heterocycles. The Hall–Kier alpha value is -3.34. The maximum atomic E-state index is 13.8. The minimum atomic E-state index is -2.83. The largest absolute Gasteiger partial charge is 0.444 e. The van der Waals surface area contributed by atoms with Crippen molar-refractivity contribution in [1.29, 1.82) is 0 Å². The van der Waals surface area contributed by atoms with Crippen LogP contribution in [-0.4, -0.2) is 42.9 Å². The zero-order valence-electron chi connectivity index (χ0n) is 22.3. The molecule has 3 heterocycles. The van der Waals surface area contributed by atoms with Gasteiger partial charge in [0.25, 0.3) is 12.3 Å². The standard InChI is InChI=1S/C28H36F2N6O3/c1-16(2)17-7-9-19(10-8-17)36-14-21(25(35-36)26(29)30)33-27(38)22-15-39-28(34-22)18-11-12-31-24(13-18)32-20-5-3-4-6-23(20)37/h11-17,19-20,23,26,37H,3-10H2,1-2H3,(H,31,32)(H,33,38)/t17?,19?,20-,23+/m0/s1. The van der Waals surface area contributed by atoms with Crippen LogP contribution < -0.4 is 10.6 Å². The number of aliphatic hydroxyl groups excluding tert-OH is 1. The van der Waals surface area contributed by atoms with Gasteiger partial charge in [-0.05, 0) is 62.5 Å². The first-order chi connectivity index (χ1) is 18.8. The molecule has 0 radical (unpaired) electrons. The van der Waals surface area contributed by atoms with Crippen molar-refractivity contribution in [3.63, 3.8) is 0 Å². The predicted octanol–water partition coefficient (Wildman–Crippen LogP) is 6.23. The molecule has 2 aliphatic carbocycles. The summed E-state index contributed by atoms with van der Waals surface area (Å²) in [5.41, 5.74) is 0.0825. The first-order valence-electron chi connectivity index (χ1n) is 13.8. The predicted molar refractivity (Wildman–Crippen MR) is 143 cm³/mol. The number of aliphatic hydroxyl groups is 1. The summed E-state index contributed by atoms with van der Waals surface area (Å²) >= 11 is 0. The normalized spacial score (nSPS) is 23.8. The number of rotatable bonds is 8. The van der Waals surface area contributed by atoms with Crippen molar-refractivity contribution in [2.45, 2.75) is 89.8 Å². The summed E-state index contributed by atoms with van der Waals surface area (Å²) in [5, 5.41) is 20.2. The van der Waals surface area contributed by atoms with E-state index in [4.69, 9.17) is 4.42 Å². The number of hydrogen-bond acceptors (Lipinski definition) is 7. The Morgan fingerprint density at radius 3 is 2.64 bits per heavy atom. The number of pyridine rings is 1. The van der Waals surface area contributed by atoms with Crippen LogP contribution in [0.3, 0.4) is 0 Å². The van der Waals surface area contributed by atoms with Gasteiger partial charge in [-0.15, -0.1) is 0 Å². The molecule has 9 nitrogen and oxygen atoms in total. The molecule has 11 heteroatoms. The Kier molecular flexibility index (Phi) is 8.25. The van der Waals surface area contributed by atoms with Crippen LogP contribution in [0.5, 0.6) is 0 Å². The number of anilines is 2. The summed E-state index contributed by atoms with van der Waals surface area (Å²) < 4.78 is 34.7. The van der Waals surface area contributed by atoms with Crippen LogP contribution in [0.15, 0.2) is 35.2 Å². The molecule has 39 heavy (non-hydrogen) atoms. The molecule has 3 aromatic rings. The second-order valence-corrected chi connectivity index (χ2v) is 11.0. The van der Waals surface area contributed by atoms with Crippen molar-refractivity contribution in [1.82, 2.24) is 19.7 Å². The Labute approximate surface area is 226 Å². The second kappa shape index (κ2) is 11.8. The minimum absolute atomic E-state index is 0.0213. The van der Waals surface area contributed by atoms with Crippen LogP contribution in [0.1, 0.15) is 93.9 Å². The number of hydrogen-bond donors (Lipinski definition) is 3. The van der Waals surface area contributed by atoms with Crippen molar-refractivity contribution in [3.05, 3.63) is 42.2 Å². The van der Waals surface area contributed by atoms with Crippen molar-refractivity contribution >= 4 is 17.4 Å². The third kappa shape index (κ3) is 6.29. The first kappa shape index (κ1) is 27.2. The van der Waals surface area contributed by atoms with E-state index in [-0.39, 0.29) is 29.4 Å². The highest BCUT2D eigenvalue weighted by Gasteiger charge is 2.28. The first-order valence-corrected chi connectivity index (χ1v) is 13.8. The van der Waals surface area contributed by atoms with Gasteiger partial charge in [0.1, 0.15) is 12.1 Å². The van der Waals surface area contributed by atoms with Gasteiger partial charge in [-0.25, -0.2) is 18.7 Å². The lowest BCUT2D eigenvalue weighted by atomic mass is 9.80. The van der Waals surface area contributed by atoms with Crippen molar-refractivity contribution in [2.24, 2.45) is 11.8 Å². The molecule has 0 aromatic carbocycles. The van der Waals surface area contributed by atoms with Gasteiger partial charge in [0.15, 0.2) is 11.4 Å². The van der Waals surface area contributed by atoms with Gasteiger partial charge in [-0.1, -0.05) is 26.7 Å². The highest BCUT2D eigenvalue weighted by molar-refractivity contribution is 6.03. The van der Waals surface area contributed by atoms with E-state index in [1.165, 1.54) is 12.5 Å². The molecule has 2 fully saturated rings.